The van der Waals surface area contributed by atoms with E-state index in [1.165, 1.54) is 18.7 Å². The molecule has 6 nitrogen and oxygen atoms in total. The van der Waals surface area contributed by atoms with Gasteiger partial charge in [-0.25, -0.2) is 0 Å². The summed E-state index contributed by atoms with van der Waals surface area (Å²) in [6.07, 6.45) is -0.0212. The summed E-state index contributed by atoms with van der Waals surface area (Å²) in [4.78, 5) is 36.5. The fourth-order valence-electron chi connectivity index (χ4n) is 2.39. The van der Waals surface area contributed by atoms with Crippen molar-refractivity contribution in [2.45, 2.75) is 31.2 Å². The lowest BCUT2D eigenvalue weighted by molar-refractivity contribution is -0.128. The Labute approximate surface area is 173 Å². The number of aryl methyl sites for hydroxylation is 1. The average Bonchev–Trinajstić information content (AvgIpc) is 2.65. The van der Waals surface area contributed by atoms with Gasteiger partial charge < -0.3 is 5.32 Å². The van der Waals surface area contributed by atoms with Gasteiger partial charge in [-0.3, -0.25) is 25.2 Å². The van der Waals surface area contributed by atoms with Gasteiger partial charge in [0, 0.05) is 16.8 Å². The standard InChI is InChI=1S/C20H22ClN3O3S/c1-13-3-9-17(10-4-13)28-12-20(27)24-23-19(26)11-18(22-14(2)25)15-5-7-16(21)8-6-15/h3-10,18H,11-12H2,1-2H3,(H,22,25)(H,23,26)(H,24,27)/t18-/m0/s1. The second-order valence-corrected chi connectivity index (χ2v) is 7.69. The highest BCUT2D eigenvalue weighted by atomic mass is 35.5. The van der Waals surface area contributed by atoms with Gasteiger partial charge >= 0.3 is 0 Å². The van der Waals surface area contributed by atoms with Crippen LogP contribution in [0.1, 0.15) is 30.5 Å². The molecule has 0 saturated heterocycles. The van der Waals surface area contributed by atoms with E-state index in [2.05, 4.69) is 16.2 Å². The summed E-state index contributed by atoms with van der Waals surface area (Å²) >= 11 is 7.25. The highest BCUT2D eigenvalue weighted by molar-refractivity contribution is 8.00. The third-order valence-corrected chi connectivity index (χ3v) is 5.04. The molecule has 3 amide bonds. The van der Waals surface area contributed by atoms with E-state index in [1.807, 2.05) is 31.2 Å². The number of hydrogen-bond acceptors (Lipinski definition) is 4. The van der Waals surface area contributed by atoms with Crippen molar-refractivity contribution in [2.24, 2.45) is 0 Å². The summed E-state index contributed by atoms with van der Waals surface area (Å²) in [7, 11) is 0. The van der Waals surface area contributed by atoms with Crippen LogP contribution in [-0.4, -0.2) is 23.5 Å². The molecule has 0 aliphatic carbocycles. The van der Waals surface area contributed by atoms with Crippen molar-refractivity contribution in [3.63, 3.8) is 0 Å². The van der Waals surface area contributed by atoms with E-state index >= 15 is 0 Å². The van der Waals surface area contributed by atoms with E-state index in [0.29, 0.717) is 5.02 Å². The average molecular weight is 420 g/mol. The Hall–Kier alpha value is -2.51. The number of rotatable bonds is 7. The number of thioether (sulfide) groups is 1. The molecule has 0 aliphatic rings. The maximum absolute atomic E-state index is 12.2. The van der Waals surface area contributed by atoms with E-state index in [0.717, 1.165) is 16.0 Å². The van der Waals surface area contributed by atoms with E-state index in [4.69, 9.17) is 11.6 Å². The third-order valence-electron chi connectivity index (χ3n) is 3.77. The minimum absolute atomic E-state index is 0.0212. The van der Waals surface area contributed by atoms with E-state index in [-0.39, 0.29) is 24.0 Å². The number of hydrazine groups is 1. The first-order chi connectivity index (χ1) is 13.3. The molecule has 0 aliphatic heterocycles. The van der Waals surface area contributed by atoms with Crippen molar-refractivity contribution in [2.75, 3.05) is 5.75 Å². The Morgan fingerprint density at radius 2 is 1.57 bits per heavy atom. The number of benzene rings is 2. The van der Waals surface area contributed by atoms with Gasteiger partial charge in [-0.2, -0.15) is 0 Å². The normalized spacial score (nSPS) is 11.4. The van der Waals surface area contributed by atoms with Gasteiger partial charge in [0.15, 0.2) is 0 Å². The molecule has 0 unspecified atom stereocenters. The zero-order chi connectivity index (χ0) is 20.5. The van der Waals surface area contributed by atoms with Crippen LogP contribution >= 0.6 is 23.4 Å². The Kier molecular flexibility index (Phi) is 8.35. The number of nitrogens with one attached hydrogen (secondary N) is 3. The zero-order valence-corrected chi connectivity index (χ0v) is 17.2. The van der Waals surface area contributed by atoms with Gasteiger partial charge in [-0.15, -0.1) is 11.8 Å². The van der Waals surface area contributed by atoms with Gasteiger partial charge in [0.2, 0.25) is 17.7 Å². The van der Waals surface area contributed by atoms with Crippen molar-refractivity contribution in [3.05, 3.63) is 64.7 Å². The second-order valence-electron chi connectivity index (χ2n) is 6.21. The van der Waals surface area contributed by atoms with Crippen LogP contribution in [0.5, 0.6) is 0 Å². The monoisotopic (exact) mass is 419 g/mol. The summed E-state index contributed by atoms with van der Waals surface area (Å²) in [6, 6.07) is 14.2. The molecule has 2 rings (SSSR count). The highest BCUT2D eigenvalue weighted by Crippen LogP contribution is 2.20. The molecule has 2 aromatic carbocycles. The summed E-state index contributed by atoms with van der Waals surface area (Å²) in [6.45, 7) is 3.37. The quantitative estimate of drug-likeness (QED) is 0.475. The first-order valence-electron chi connectivity index (χ1n) is 8.63. The summed E-state index contributed by atoms with van der Waals surface area (Å²) in [5, 5.41) is 3.29. The number of hydrogen-bond donors (Lipinski definition) is 3. The first-order valence-corrected chi connectivity index (χ1v) is 9.99. The number of halogens is 1. The SMILES string of the molecule is CC(=O)N[C@@H](CC(=O)NNC(=O)CSc1ccc(C)cc1)c1ccc(Cl)cc1. The molecule has 3 N–H and O–H groups in total. The van der Waals surface area contributed by atoms with Crippen LogP contribution in [0.4, 0.5) is 0 Å². The van der Waals surface area contributed by atoms with Gasteiger partial charge in [-0.05, 0) is 36.8 Å². The zero-order valence-electron chi connectivity index (χ0n) is 15.6. The molecular weight excluding hydrogens is 398 g/mol. The Morgan fingerprint density at radius 1 is 0.964 bits per heavy atom. The van der Waals surface area contributed by atoms with Gasteiger partial charge in [0.1, 0.15) is 0 Å². The van der Waals surface area contributed by atoms with Crippen LogP contribution in [0.2, 0.25) is 5.02 Å². The minimum atomic E-state index is -0.520. The molecule has 0 spiro atoms. The first kappa shape index (κ1) is 21.8. The van der Waals surface area contributed by atoms with Crippen molar-refractivity contribution in [3.8, 4) is 0 Å². The molecule has 0 heterocycles. The van der Waals surface area contributed by atoms with Crippen LogP contribution < -0.4 is 16.2 Å². The second kappa shape index (κ2) is 10.7. The van der Waals surface area contributed by atoms with E-state index < -0.39 is 11.9 Å². The lowest BCUT2D eigenvalue weighted by Gasteiger charge is -2.18. The highest BCUT2D eigenvalue weighted by Gasteiger charge is 2.17. The van der Waals surface area contributed by atoms with Crippen molar-refractivity contribution >= 4 is 41.1 Å². The Balaban J connectivity index is 1.82. The van der Waals surface area contributed by atoms with Gasteiger partial charge in [-0.1, -0.05) is 41.4 Å². The van der Waals surface area contributed by atoms with Gasteiger partial charge in [0.25, 0.3) is 0 Å². The molecule has 0 radical (unpaired) electrons. The van der Waals surface area contributed by atoms with Crippen molar-refractivity contribution < 1.29 is 14.4 Å². The Morgan fingerprint density at radius 3 is 2.18 bits per heavy atom. The largest absolute Gasteiger partial charge is 0.349 e. The number of carbonyl (C=O) groups is 3. The van der Waals surface area contributed by atoms with E-state index in [9.17, 15) is 14.4 Å². The van der Waals surface area contributed by atoms with Crippen LogP contribution in [0.15, 0.2) is 53.4 Å². The molecule has 148 valence electrons. The lowest BCUT2D eigenvalue weighted by atomic mass is 10.0. The summed E-state index contributed by atoms with van der Waals surface area (Å²) in [5.41, 5.74) is 6.67. The molecule has 0 fully saturated rings. The van der Waals surface area contributed by atoms with Gasteiger partial charge in [0.05, 0.1) is 18.2 Å². The predicted octanol–water partition coefficient (Wildman–Crippen LogP) is 3.16. The molecule has 0 aromatic heterocycles. The summed E-state index contributed by atoms with van der Waals surface area (Å²) < 4.78 is 0. The van der Waals surface area contributed by atoms with Crippen LogP contribution in [0.3, 0.4) is 0 Å². The molecule has 2 aromatic rings. The van der Waals surface area contributed by atoms with Crippen LogP contribution in [0, 0.1) is 6.92 Å². The fraction of sp³-hybridized carbons (Fsp3) is 0.250. The van der Waals surface area contributed by atoms with E-state index in [1.54, 1.807) is 24.3 Å². The Bertz CT molecular complexity index is 826. The molecule has 0 saturated carbocycles. The summed E-state index contributed by atoms with van der Waals surface area (Å²) in [5.74, 6) is -0.814. The maximum Gasteiger partial charge on any atom is 0.248 e. The fourth-order valence-corrected chi connectivity index (χ4v) is 3.21. The predicted molar refractivity (Wildman–Crippen MR) is 111 cm³/mol. The molecule has 0 bridgehead atoms. The van der Waals surface area contributed by atoms with Crippen LogP contribution in [-0.2, 0) is 14.4 Å². The number of carbonyl (C=O) groups excluding carboxylic acids is 3. The third kappa shape index (κ3) is 7.62. The molecule has 28 heavy (non-hydrogen) atoms. The molecular formula is C20H22ClN3O3S. The molecule has 8 heteroatoms. The topological polar surface area (TPSA) is 87.3 Å². The minimum Gasteiger partial charge on any atom is -0.349 e. The molecule has 1 atom stereocenters. The van der Waals surface area contributed by atoms with Crippen LogP contribution in [0.25, 0.3) is 0 Å². The smallest absolute Gasteiger partial charge is 0.248 e. The maximum atomic E-state index is 12.2. The van der Waals surface area contributed by atoms with Crippen molar-refractivity contribution in [1.82, 2.24) is 16.2 Å². The van der Waals surface area contributed by atoms with Crippen molar-refractivity contribution in [1.29, 1.82) is 0 Å². The number of amides is 3. The lowest BCUT2D eigenvalue weighted by Crippen LogP contribution is -2.44.